The lowest BCUT2D eigenvalue weighted by Gasteiger charge is -2.27. The van der Waals surface area contributed by atoms with Gasteiger partial charge in [0.25, 0.3) is 11.8 Å². The van der Waals surface area contributed by atoms with Crippen LogP contribution in [-0.2, 0) is 4.79 Å². The Morgan fingerprint density at radius 3 is 2.22 bits per heavy atom. The number of carbonyl (C=O) groups is 3. The Labute approximate surface area is 166 Å². The molecule has 0 saturated carbocycles. The van der Waals surface area contributed by atoms with E-state index in [1.54, 1.807) is 36.0 Å². The van der Waals surface area contributed by atoms with Gasteiger partial charge in [-0.15, -0.1) is 0 Å². The Kier molecular flexibility index (Phi) is 8.35. The number of rotatable bonds is 11. The van der Waals surface area contributed by atoms with Crippen LogP contribution < -0.4 is 5.32 Å². The van der Waals surface area contributed by atoms with E-state index in [2.05, 4.69) is 19.2 Å². The van der Waals surface area contributed by atoms with Gasteiger partial charge < -0.3 is 5.32 Å². The second-order valence-electron chi connectivity index (χ2n) is 6.93. The maximum Gasteiger partial charge on any atom is 0.262 e. The standard InChI is InChI=1S/C21H30N2O3S/c1-4-6-7-10-15(5-2)22-19(24)18(13-14-27-3)23-20(25)16-11-8-9-12-17(16)21(23)26/h8-9,11-12,15,18H,4-7,10,13-14H2,1-3H3,(H,22,24). The van der Waals surface area contributed by atoms with Crippen molar-refractivity contribution in [2.24, 2.45) is 0 Å². The lowest BCUT2D eigenvalue weighted by molar-refractivity contribution is -0.125. The molecule has 2 unspecified atom stereocenters. The van der Waals surface area contributed by atoms with Crippen LogP contribution in [0, 0.1) is 0 Å². The van der Waals surface area contributed by atoms with Gasteiger partial charge in [0.15, 0.2) is 0 Å². The Hall–Kier alpha value is -1.82. The summed E-state index contributed by atoms with van der Waals surface area (Å²) in [7, 11) is 0. The van der Waals surface area contributed by atoms with Crippen molar-refractivity contribution in [3.8, 4) is 0 Å². The molecule has 0 saturated heterocycles. The molecule has 3 amide bonds. The number of benzene rings is 1. The summed E-state index contributed by atoms with van der Waals surface area (Å²) in [6, 6.07) is 6.11. The van der Waals surface area contributed by atoms with E-state index in [9.17, 15) is 14.4 Å². The number of nitrogens with one attached hydrogen (secondary N) is 1. The first-order chi connectivity index (χ1) is 13.0. The maximum atomic E-state index is 13.0. The topological polar surface area (TPSA) is 66.5 Å². The van der Waals surface area contributed by atoms with Crippen LogP contribution in [0.5, 0.6) is 0 Å². The number of hydrogen-bond donors (Lipinski definition) is 1. The monoisotopic (exact) mass is 390 g/mol. The molecular weight excluding hydrogens is 360 g/mol. The van der Waals surface area contributed by atoms with Gasteiger partial charge >= 0.3 is 0 Å². The summed E-state index contributed by atoms with van der Waals surface area (Å²) in [6.45, 7) is 4.20. The zero-order valence-electron chi connectivity index (χ0n) is 16.5. The highest BCUT2D eigenvalue weighted by atomic mass is 32.2. The minimum atomic E-state index is -0.759. The van der Waals surface area contributed by atoms with Crippen molar-refractivity contribution in [2.75, 3.05) is 12.0 Å². The Bertz CT molecular complexity index is 642. The largest absolute Gasteiger partial charge is 0.352 e. The van der Waals surface area contributed by atoms with Gasteiger partial charge in [0.2, 0.25) is 5.91 Å². The molecule has 5 nitrogen and oxygen atoms in total. The molecule has 1 N–H and O–H groups in total. The summed E-state index contributed by atoms with van der Waals surface area (Å²) >= 11 is 1.60. The molecular formula is C21H30N2O3S. The highest BCUT2D eigenvalue weighted by molar-refractivity contribution is 7.98. The number of amides is 3. The number of unbranched alkanes of at least 4 members (excludes halogenated alkanes) is 2. The molecule has 1 aromatic rings. The number of fused-ring (bicyclic) bond motifs is 1. The van der Waals surface area contributed by atoms with Gasteiger partial charge in [-0.25, -0.2) is 0 Å². The SMILES string of the molecule is CCCCCC(CC)NC(=O)C(CCSC)N1C(=O)c2ccccc2C1=O. The van der Waals surface area contributed by atoms with E-state index in [-0.39, 0.29) is 23.8 Å². The molecule has 2 atom stereocenters. The molecule has 0 spiro atoms. The van der Waals surface area contributed by atoms with Gasteiger partial charge in [0, 0.05) is 6.04 Å². The van der Waals surface area contributed by atoms with Gasteiger partial charge in [0.05, 0.1) is 11.1 Å². The summed E-state index contributed by atoms with van der Waals surface area (Å²) in [4.78, 5) is 39.8. The Morgan fingerprint density at radius 1 is 1.07 bits per heavy atom. The van der Waals surface area contributed by atoms with Crippen LogP contribution >= 0.6 is 11.8 Å². The summed E-state index contributed by atoms with van der Waals surface area (Å²) < 4.78 is 0. The average molecular weight is 391 g/mol. The van der Waals surface area contributed by atoms with E-state index >= 15 is 0 Å². The molecule has 6 heteroatoms. The second-order valence-corrected chi connectivity index (χ2v) is 7.92. The van der Waals surface area contributed by atoms with Crippen LogP contribution in [0.3, 0.4) is 0 Å². The van der Waals surface area contributed by atoms with E-state index < -0.39 is 6.04 Å². The zero-order valence-corrected chi connectivity index (χ0v) is 17.3. The first-order valence-electron chi connectivity index (χ1n) is 9.81. The van der Waals surface area contributed by atoms with Crippen LogP contribution in [0.1, 0.15) is 73.1 Å². The van der Waals surface area contributed by atoms with Crippen LogP contribution in [0.4, 0.5) is 0 Å². The molecule has 1 aliphatic heterocycles. The van der Waals surface area contributed by atoms with Gasteiger partial charge in [-0.1, -0.05) is 45.2 Å². The highest BCUT2D eigenvalue weighted by Crippen LogP contribution is 2.26. The molecule has 1 heterocycles. The van der Waals surface area contributed by atoms with E-state index in [0.29, 0.717) is 23.3 Å². The van der Waals surface area contributed by atoms with E-state index in [0.717, 1.165) is 37.0 Å². The molecule has 0 bridgehead atoms. The average Bonchev–Trinajstić information content (AvgIpc) is 2.93. The predicted molar refractivity (Wildman–Crippen MR) is 110 cm³/mol. The van der Waals surface area contributed by atoms with Crippen LogP contribution in [0.25, 0.3) is 0 Å². The minimum Gasteiger partial charge on any atom is -0.352 e. The summed E-state index contributed by atoms with van der Waals surface area (Å²) in [5.41, 5.74) is 0.777. The fourth-order valence-corrected chi connectivity index (χ4v) is 3.87. The quantitative estimate of drug-likeness (QED) is 0.460. The normalized spacial score (nSPS) is 15.6. The summed E-state index contributed by atoms with van der Waals surface area (Å²) in [5, 5.41) is 3.09. The van der Waals surface area contributed by atoms with Crippen molar-refractivity contribution < 1.29 is 14.4 Å². The molecule has 1 aromatic carbocycles. The maximum absolute atomic E-state index is 13.0. The van der Waals surface area contributed by atoms with Crippen LogP contribution in [0.15, 0.2) is 24.3 Å². The Balaban J connectivity index is 2.16. The number of hydrogen-bond acceptors (Lipinski definition) is 4. The molecule has 0 aliphatic carbocycles. The molecule has 0 aromatic heterocycles. The molecule has 0 fully saturated rings. The van der Waals surface area contributed by atoms with Crippen LogP contribution in [-0.4, -0.2) is 46.7 Å². The van der Waals surface area contributed by atoms with Crippen molar-refractivity contribution in [3.05, 3.63) is 35.4 Å². The lowest BCUT2D eigenvalue weighted by Crippen LogP contribution is -2.52. The molecule has 1 aliphatic rings. The second kappa shape index (κ2) is 10.5. The van der Waals surface area contributed by atoms with Gasteiger partial charge in [-0.2, -0.15) is 11.8 Å². The fraction of sp³-hybridized carbons (Fsp3) is 0.571. The summed E-state index contributed by atoms with van der Waals surface area (Å²) in [5.74, 6) is -0.244. The van der Waals surface area contributed by atoms with E-state index in [1.807, 2.05) is 6.26 Å². The van der Waals surface area contributed by atoms with Crippen molar-refractivity contribution in [1.29, 1.82) is 0 Å². The third-order valence-electron chi connectivity index (χ3n) is 5.03. The molecule has 0 radical (unpaired) electrons. The van der Waals surface area contributed by atoms with Crippen LogP contribution in [0.2, 0.25) is 0 Å². The molecule has 148 valence electrons. The van der Waals surface area contributed by atoms with E-state index in [4.69, 9.17) is 0 Å². The molecule has 2 rings (SSSR count). The van der Waals surface area contributed by atoms with E-state index in [1.165, 1.54) is 0 Å². The number of carbonyl (C=O) groups excluding carboxylic acids is 3. The van der Waals surface area contributed by atoms with Crippen molar-refractivity contribution in [2.45, 2.75) is 64.5 Å². The predicted octanol–water partition coefficient (Wildman–Crippen LogP) is 3.88. The van der Waals surface area contributed by atoms with Gasteiger partial charge in [-0.3, -0.25) is 19.3 Å². The van der Waals surface area contributed by atoms with Crippen molar-refractivity contribution in [3.63, 3.8) is 0 Å². The Morgan fingerprint density at radius 2 is 1.70 bits per heavy atom. The third-order valence-corrected chi connectivity index (χ3v) is 5.67. The molecule has 27 heavy (non-hydrogen) atoms. The number of imide groups is 1. The smallest absolute Gasteiger partial charge is 0.262 e. The number of thioether (sulfide) groups is 1. The summed E-state index contributed by atoms with van der Waals surface area (Å²) in [6.07, 6.45) is 7.52. The highest BCUT2D eigenvalue weighted by Gasteiger charge is 2.42. The first kappa shape index (κ1) is 21.5. The third kappa shape index (κ3) is 5.12. The number of nitrogens with zero attached hydrogens (tertiary/aromatic N) is 1. The fourth-order valence-electron chi connectivity index (χ4n) is 3.41. The first-order valence-corrected chi connectivity index (χ1v) is 11.2. The van der Waals surface area contributed by atoms with Gasteiger partial charge in [-0.05, 0) is 43.4 Å². The zero-order chi connectivity index (χ0) is 19.8. The lowest BCUT2D eigenvalue weighted by atomic mass is 10.0. The minimum absolute atomic E-state index is 0.0796. The van der Waals surface area contributed by atoms with Gasteiger partial charge in [0.1, 0.15) is 6.04 Å². The van der Waals surface area contributed by atoms with Crippen molar-refractivity contribution >= 4 is 29.5 Å². The van der Waals surface area contributed by atoms with Crippen molar-refractivity contribution in [1.82, 2.24) is 10.2 Å².